The van der Waals surface area contributed by atoms with Crippen molar-refractivity contribution in [1.29, 1.82) is 0 Å². The van der Waals surface area contributed by atoms with Gasteiger partial charge in [0.25, 0.3) is 5.78 Å². The first-order valence-electron chi connectivity index (χ1n) is 6.61. The van der Waals surface area contributed by atoms with Crippen LogP contribution in [0.3, 0.4) is 0 Å². The third-order valence-corrected chi connectivity index (χ3v) is 4.37. The molecule has 0 aliphatic heterocycles. The zero-order chi connectivity index (χ0) is 17.2. The number of hydrogen-bond donors (Lipinski definition) is 2. The van der Waals surface area contributed by atoms with Crippen molar-refractivity contribution in [2.24, 2.45) is 0 Å². The highest BCUT2D eigenvalue weighted by Crippen LogP contribution is 2.40. The number of benzene rings is 2. The number of halogens is 2. The Balaban J connectivity index is 2.12. The van der Waals surface area contributed by atoms with Crippen LogP contribution < -0.4 is 0 Å². The van der Waals surface area contributed by atoms with E-state index in [2.05, 4.69) is 0 Å². The Bertz CT molecular complexity index is 1090. The first-order valence-corrected chi connectivity index (χ1v) is 7.37. The van der Waals surface area contributed by atoms with E-state index in [0.717, 1.165) is 0 Å². The van der Waals surface area contributed by atoms with Crippen LogP contribution in [0.25, 0.3) is 33.1 Å². The van der Waals surface area contributed by atoms with Crippen molar-refractivity contribution in [1.82, 2.24) is 0 Å². The quantitative estimate of drug-likeness (QED) is 0.516. The molecule has 0 spiro atoms. The van der Waals surface area contributed by atoms with Crippen LogP contribution in [0, 0.1) is 0 Å². The van der Waals surface area contributed by atoms with E-state index in [1.165, 1.54) is 24.3 Å². The van der Waals surface area contributed by atoms with Crippen LogP contribution in [0.1, 0.15) is 20.7 Å². The fourth-order valence-electron chi connectivity index (χ4n) is 2.68. The largest absolute Gasteiger partial charge is 0.478 e. The molecule has 8 heteroatoms. The minimum atomic E-state index is -1.17. The van der Waals surface area contributed by atoms with E-state index in [9.17, 15) is 9.59 Å². The molecule has 0 aliphatic carbocycles. The third kappa shape index (κ3) is 1.97. The lowest BCUT2D eigenvalue weighted by molar-refractivity contribution is 0.0686. The SMILES string of the molecule is O=C(O)c1cc2oc3oc4cc(C(=O)O)c(Cl)cc4c3c2cc1Cl. The topological polar surface area (TPSA) is 101 Å². The predicted molar refractivity (Wildman–Crippen MR) is 87.4 cm³/mol. The van der Waals surface area contributed by atoms with Gasteiger partial charge in [-0.2, -0.15) is 0 Å². The van der Waals surface area contributed by atoms with E-state index < -0.39 is 11.9 Å². The van der Waals surface area contributed by atoms with Crippen molar-refractivity contribution in [2.75, 3.05) is 0 Å². The summed E-state index contributed by atoms with van der Waals surface area (Å²) in [7, 11) is 0. The number of carboxylic acids is 2. The molecular formula is C16H6Cl2O6. The number of furan rings is 2. The summed E-state index contributed by atoms with van der Waals surface area (Å²) in [6.45, 7) is 0. The van der Waals surface area contributed by atoms with E-state index in [-0.39, 0.29) is 27.0 Å². The van der Waals surface area contributed by atoms with Crippen LogP contribution >= 0.6 is 23.2 Å². The summed E-state index contributed by atoms with van der Waals surface area (Å²) < 4.78 is 11.1. The van der Waals surface area contributed by atoms with Gasteiger partial charge in [-0.1, -0.05) is 23.2 Å². The molecule has 6 nitrogen and oxygen atoms in total. The summed E-state index contributed by atoms with van der Waals surface area (Å²) in [5.41, 5.74) is 0.420. The van der Waals surface area contributed by atoms with Gasteiger partial charge in [0.1, 0.15) is 11.2 Å². The maximum atomic E-state index is 11.2. The molecule has 0 bridgehead atoms. The molecular weight excluding hydrogens is 359 g/mol. The van der Waals surface area contributed by atoms with Gasteiger partial charge in [0.15, 0.2) is 0 Å². The van der Waals surface area contributed by atoms with Crippen LogP contribution in [0.5, 0.6) is 0 Å². The van der Waals surface area contributed by atoms with Gasteiger partial charge in [0.2, 0.25) is 0 Å². The van der Waals surface area contributed by atoms with Crippen molar-refractivity contribution in [3.05, 3.63) is 45.4 Å². The van der Waals surface area contributed by atoms with Gasteiger partial charge in [-0.25, -0.2) is 9.59 Å². The van der Waals surface area contributed by atoms with Crippen LogP contribution in [0.15, 0.2) is 33.1 Å². The van der Waals surface area contributed by atoms with Gasteiger partial charge in [0.05, 0.1) is 26.6 Å². The Morgan fingerprint density at radius 2 is 1.21 bits per heavy atom. The summed E-state index contributed by atoms with van der Waals surface area (Å²) in [5.74, 6) is -2.21. The van der Waals surface area contributed by atoms with E-state index >= 15 is 0 Å². The van der Waals surface area contributed by atoms with Crippen LogP contribution in [0.2, 0.25) is 10.0 Å². The van der Waals surface area contributed by atoms with Crippen molar-refractivity contribution < 1.29 is 28.6 Å². The summed E-state index contributed by atoms with van der Waals surface area (Å²) >= 11 is 12.0. The smallest absolute Gasteiger partial charge is 0.337 e. The van der Waals surface area contributed by atoms with Gasteiger partial charge in [-0.15, -0.1) is 0 Å². The highest BCUT2D eigenvalue weighted by atomic mass is 35.5. The van der Waals surface area contributed by atoms with Crippen molar-refractivity contribution in [2.45, 2.75) is 0 Å². The lowest BCUT2D eigenvalue weighted by Crippen LogP contribution is -1.97. The monoisotopic (exact) mass is 364 g/mol. The fourth-order valence-corrected chi connectivity index (χ4v) is 3.17. The molecule has 2 aromatic carbocycles. The van der Waals surface area contributed by atoms with Crippen molar-refractivity contribution in [3.63, 3.8) is 0 Å². The maximum Gasteiger partial charge on any atom is 0.337 e. The Morgan fingerprint density at radius 1 is 0.792 bits per heavy atom. The molecule has 0 aliphatic rings. The number of fused-ring (bicyclic) bond motifs is 5. The fraction of sp³-hybridized carbons (Fsp3) is 0. The first kappa shape index (κ1) is 14.9. The molecule has 0 unspecified atom stereocenters. The van der Waals surface area contributed by atoms with Crippen molar-refractivity contribution in [3.8, 4) is 0 Å². The third-order valence-electron chi connectivity index (χ3n) is 3.75. The molecule has 2 aromatic heterocycles. The second kappa shape index (κ2) is 4.90. The van der Waals surface area contributed by atoms with E-state index in [0.29, 0.717) is 27.3 Å². The molecule has 4 rings (SSSR count). The molecule has 0 fully saturated rings. The lowest BCUT2D eigenvalue weighted by Gasteiger charge is -2.00. The molecule has 0 radical (unpaired) electrons. The number of rotatable bonds is 2. The minimum absolute atomic E-state index is 0.0558. The minimum Gasteiger partial charge on any atom is -0.478 e. The van der Waals surface area contributed by atoms with Gasteiger partial charge in [0, 0.05) is 10.8 Å². The summed E-state index contributed by atoms with van der Waals surface area (Å²) in [6, 6.07) is 5.57. The van der Waals surface area contributed by atoms with Crippen molar-refractivity contribution >= 4 is 68.2 Å². The molecule has 0 atom stereocenters. The molecule has 0 saturated carbocycles. The number of carboxylic acid groups (broad SMARTS) is 2. The Hall–Kier alpha value is -2.70. The van der Waals surface area contributed by atoms with Gasteiger partial charge in [-0.05, 0) is 24.3 Å². The molecule has 0 amide bonds. The number of hydrogen-bond acceptors (Lipinski definition) is 4. The highest BCUT2D eigenvalue weighted by molar-refractivity contribution is 6.36. The average molecular weight is 365 g/mol. The molecule has 120 valence electrons. The van der Waals surface area contributed by atoms with Crippen LogP contribution in [-0.4, -0.2) is 22.2 Å². The highest BCUT2D eigenvalue weighted by Gasteiger charge is 2.21. The number of carbonyl (C=O) groups is 2. The van der Waals surface area contributed by atoms with Gasteiger partial charge >= 0.3 is 11.9 Å². The summed E-state index contributed by atoms with van der Waals surface area (Å²) in [5, 5.41) is 20.0. The van der Waals surface area contributed by atoms with Gasteiger partial charge < -0.3 is 19.0 Å². The zero-order valence-electron chi connectivity index (χ0n) is 11.6. The Labute approximate surface area is 142 Å². The summed E-state index contributed by atoms with van der Waals surface area (Å²) in [4.78, 5) is 22.3. The Kier molecular flexibility index (Phi) is 3.03. The Morgan fingerprint density at radius 3 is 1.58 bits per heavy atom. The standard InChI is InChI=1S/C16H6Cl2O6/c17-9-1-7-11(3-5(9)14(19)20)23-16-13(7)8-2-10(18)6(15(21)22)4-12(8)24-16/h1-4H,(H,19,20)(H,21,22). The second-order valence-corrected chi connectivity index (χ2v) is 5.95. The molecule has 2 N–H and O–H groups in total. The first-order chi connectivity index (χ1) is 11.4. The van der Waals surface area contributed by atoms with Crippen LogP contribution in [-0.2, 0) is 0 Å². The normalized spacial score (nSPS) is 11.6. The molecule has 2 heterocycles. The predicted octanol–water partition coefficient (Wildman–Crippen LogP) is 5.04. The maximum absolute atomic E-state index is 11.2. The van der Waals surface area contributed by atoms with E-state index in [4.69, 9.17) is 42.2 Å². The van der Waals surface area contributed by atoms with E-state index in [1.807, 2.05) is 0 Å². The average Bonchev–Trinajstić information content (AvgIpc) is 3.00. The van der Waals surface area contributed by atoms with Gasteiger partial charge in [-0.3, -0.25) is 0 Å². The van der Waals surface area contributed by atoms with E-state index in [1.54, 1.807) is 0 Å². The molecule has 4 aromatic rings. The van der Waals surface area contributed by atoms with Crippen LogP contribution in [0.4, 0.5) is 0 Å². The summed E-state index contributed by atoms with van der Waals surface area (Å²) in [6.07, 6.45) is 0. The lowest BCUT2D eigenvalue weighted by atomic mass is 10.1. The second-order valence-electron chi connectivity index (χ2n) is 5.13. The molecule has 0 saturated heterocycles. The number of aromatic carboxylic acids is 2. The molecule has 24 heavy (non-hydrogen) atoms. The zero-order valence-corrected chi connectivity index (χ0v) is 13.1.